The van der Waals surface area contributed by atoms with Crippen molar-refractivity contribution in [1.82, 2.24) is 5.32 Å². The summed E-state index contributed by atoms with van der Waals surface area (Å²) in [5, 5.41) is 14.1. The molecule has 0 spiro atoms. The minimum atomic E-state index is -0.389. The van der Waals surface area contributed by atoms with E-state index in [1.54, 1.807) is 6.92 Å². The van der Waals surface area contributed by atoms with Crippen LogP contribution >= 0.6 is 0 Å². The molecule has 0 aliphatic carbocycles. The first-order valence-electron chi connectivity index (χ1n) is 5.73. The predicted molar refractivity (Wildman–Crippen MR) is 72.5 cm³/mol. The van der Waals surface area contributed by atoms with Gasteiger partial charge in [-0.15, -0.1) is 0 Å². The summed E-state index contributed by atoms with van der Waals surface area (Å²) in [5.74, 6) is -0.190. The largest absolute Gasteiger partial charge is 0.376 e. The second-order valence-corrected chi connectivity index (χ2v) is 4.15. The highest BCUT2D eigenvalue weighted by atomic mass is 16.2. The molecular weight excluding hydrogens is 228 g/mol. The smallest absolute Gasteiger partial charge is 0.243 e. The summed E-state index contributed by atoms with van der Waals surface area (Å²) >= 11 is 0. The van der Waals surface area contributed by atoms with Gasteiger partial charge in [0.15, 0.2) is 0 Å². The molecule has 0 aliphatic rings. The van der Waals surface area contributed by atoms with Crippen molar-refractivity contribution in [3.63, 3.8) is 0 Å². The van der Waals surface area contributed by atoms with Crippen LogP contribution in [0.25, 0.3) is 0 Å². The SMILES string of the molecule is CC(Nc1ccccc1N(C)C)C(=O)NCC#N. The lowest BCUT2D eigenvalue weighted by Gasteiger charge is -2.21. The number of carbonyl (C=O) groups is 1. The lowest BCUT2D eigenvalue weighted by atomic mass is 10.2. The van der Waals surface area contributed by atoms with Gasteiger partial charge in [0.25, 0.3) is 0 Å². The molecule has 1 amide bonds. The Bertz CT molecular complexity index is 451. The standard InChI is InChI=1S/C13H18N4O/c1-10(13(18)15-9-8-14)16-11-6-4-5-7-12(11)17(2)3/h4-7,10,16H,9H2,1-3H3,(H,15,18). The van der Waals surface area contributed by atoms with Crippen molar-refractivity contribution in [1.29, 1.82) is 5.26 Å². The van der Waals surface area contributed by atoms with Gasteiger partial charge >= 0.3 is 0 Å². The van der Waals surface area contributed by atoms with E-state index in [1.807, 2.05) is 49.3 Å². The van der Waals surface area contributed by atoms with Gasteiger partial charge in [0, 0.05) is 14.1 Å². The Balaban J connectivity index is 2.73. The summed E-state index contributed by atoms with van der Waals surface area (Å²) in [5.41, 5.74) is 1.90. The van der Waals surface area contributed by atoms with Crippen LogP contribution in [-0.4, -0.2) is 32.6 Å². The van der Waals surface area contributed by atoms with E-state index in [9.17, 15) is 4.79 Å². The van der Waals surface area contributed by atoms with E-state index < -0.39 is 0 Å². The maximum Gasteiger partial charge on any atom is 0.243 e. The zero-order valence-corrected chi connectivity index (χ0v) is 10.9. The maximum absolute atomic E-state index is 11.6. The van der Waals surface area contributed by atoms with Gasteiger partial charge in [0.2, 0.25) is 5.91 Å². The van der Waals surface area contributed by atoms with Crippen molar-refractivity contribution in [2.75, 3.05) is 30.9 Å². The molecule has 0 fully saturated rings. The summed E-state index contributed by atoms with van der Waals surface area (Å²) in [6.07, 6.45) is 0. The van der Waals surface area contributed by atoms with Gasteiger partial charge in [-0.1, -0.05) is 12.1 Å². The van der Waals surface area contributed by atoms with Crippen molar-refractivity contribution in [2.24, 2.45) is 0 Å². The van der Waals surface area contributed by atoms with E-state index in [2.05, 4.69) is 10.6 Å². The first kappa shape index (κ1) is 13.8. The van der Waals surface area contributed by atoms with Gasteiger partial charge in [-0.3, -0.25) is 4.79 Å². The van der Waals surface area contributed by atoms with Crippen molar-refractivity contribution >= 4 is 17.3 Å². The fourth-order valence-corrected chi connectivity index (χ4v) is 1.56. The third-order valence-electron chi connectivity index (χ3n) is 2.49. The molecule has 0 saturated carbocycles. The molecule has 1 aromatic carbocycles. The van der Waals surface area contributed by atoms with E-state index >= 15 is 0 Å². The minimum Gasteiger partial charge on any atom is -0.376 e. The van der Waals surface area contributed by atoms with E-state index in [0.29, 0.717) is 0 Å². The first-order chi connectivity index (χ1) is 8.56. The third-order valence-corrected chi connectivity index (χ3v) is 2.49. The number of benzene rings is 1. The lowest BCUT2D eigenvalue weighted by molar-refractivity contribution is -0.121. The molecule has 0 saturated heterocycles. The predicted octanol–water partition coefficient (Wildman–Crippen LogP) is 1.19. The number of hydrogen-bond acceptors (Lipinski definition) is 4. The van der Waals surface area contributed by atoms with Crippen molar-refractivity contribution < 1.29 is 4.79 Å². The molecule has 0 heterocycles. The molecule has 18 heavy (non-hydrogen) atoms. The van der Waals surface area contributed by atoms with Gasteiger partial charge in [-0.05, 0) is 19.1 Å². The Morgan fingerprint density at radius 1 is 1.44 bits per heavy atom. The number of rotatable bonds is 5. The molecular formula is C13H18N4O. The number of amides is 1. The lowest BCUT2D eigenvalue weighted by Crippen LogP contribution is -2.37. The Kier molecular flexibility index (Phi) is 5.00. The molecule has 2 N–H and O–H groups in total. The normalized spacial score (nSPS) is 11.2. The fourth-order valence-electron chi connectivity index (χ4n) is 1.56. The van der Waals surface area contributed by atoms with Crippen LogP contribution in [0.5, 0.6) is 0 Å². The maximum atomic E-state index is 11.6. The molecule has 0 bridgehead atoms. The highest BCUT2D eigenvalue weighted by Crippen LogP contribution is 2.23. The van der Waals surface area contributed by atoms with Crippen LogP contribution in [0.1, 0.15) is 6.92 Å². The topological polar surface area (TPSA) is 68.2 Å². The summed E-state index contributed by atoms with van der Waals surface area (Å²) < 4.78 is 0. The minimum absolute atomic E-state index is 0.0280. The highest BCUT2D eigenvalue weighted by Gasteiger charge is 2.13. The van der Waals surface area contributed by atoms with E-state index in [-0.39, 0.29) is 18.5 Å². The van der Waals surface area contributed by atoms with Gasteiger partial charge in [0.1, 0.15) is 12.6 Å². The molecule has 1 unspecified atom stereocenters. The Hall–Kier alpha value is -2.22. The zero-order valence-electron chi connectivity index (χ0n) is 10.9. The van der Waals surface area contributed by atoms with Gasteiger partial charge in [-0.25, -0.2) is 0 Å². The Morgan fingerprint density at radius 2 is 2.11 bits per heavy atom. The van der Waals surface area contributed by atoms with Crippen LogP contribution in [0.3, 0.4) is 0 Å². The summed E-state index contributed by atoms with van der Waals surface area (Å²) in [6, 6.07) is 9.24. The molecule has 5 heteroatoms. The average Bonchev–Trinajstić information content (AvgIpc) is 2.36. The fraction of sp³-hybridized carbons (Fsp3) is 0.385. The van der Waals surface area contributed by atoms with E-state index in [4.69, 9.17) is 5.26 Å². The molecule has 1 atom stereocenters. The Labute approximate surface area is 107 Å². The molecule has 5 nitrogen and oxygen atoms in total. The molecule has 1 rings (SSSR count). The van der Waals surface area contributed by atoms with Crippen LogP contribution in [-0.2, 0) is 4.79 Å². The average molecular weight is 246 g/mol. The number of nitriles is 1. The first-order valence-corrected chi connectivity index (χ1v) is 5.73. The second-order valence-electron chi connectivity index (χ2n) is 4.15. The second kappa shape index (κ2) is 6.50. The molecule has 0 aliphatic heterocycles. The van der Waals surface area contributed by atoms with Crippen LogP contribution in [0.15, 0.2) is 24.3 Å². The van der Waals surface area contributed by atoms with Crippen LogP contribution < -0.4 is 15.5 Å². The number of anilines is 2. The number of nitrogens with one attached hydrogen (secondary N) is 2. The number of hydrogen-bond donors (Lipinski definition) is 2. The number of carbonyl (C=O) groups excluding carboxylic acids is 1. The summed E-state index contributed by atoms with van der Waals surface area (Å²) in [6.45, 7) is 1.79. The molecule has 96 valence electrons. The zero-order chi connectivity index (χ0) is 13.5. The molecule has 0 radical (unpaired) electrons. The number of para-hydroxylation sites is 2. The molecule has 1 aromatic rings. The van der Waals surface area contributed by atoms with Crippen molar-refractivity contribution in [3.05, 3.63) is 24.3 Å². The van der Waals surface area contributed by atoms with Crippen molar-refractivity contribution in [2.45, 2.75) is 13.0 Å². The molecule has 0 aromatic heterocycles. The highest BCUT2D eigenvalue weighted by molar-refractivity contribution is 5.85. The van der Waals surface area contributed by atoms with Crippen molar-refractivity contribution in [3.8, 4) is 6.07 Å². The van der Waals surface area contributed by atoms with E-state index in [1.165, 1.54) is 0 Å². The monoisotopic (exact) mass is 246 g/mol. The number of nitrogens with zero attached hydrogens (tertiary/aromatic N) is 2. The van der Waals surface area contributed by atoms with Crippen LogP contribution in [0, 0.1) is 11.3 Å². The van der Waals surface area contributed by atoms with Gasteiger partial charge in [-0.2, -0.15) is 5.26 Å². The Morgan fingerprint density at radius 3 is 2.72 bits per heavy atom. The van der Waals surface area contributed by atoms with Gasteiger partial charge in [0.05, 0.1) is 17.4 Å². The summed E-state index contributed by atoms with van der Waals surface area (Å²) in [4.78, 5) is 13.6. The van der Waals surface area contributed by atoms with Crippen LogP contribution in [0.4, 0.5) is 11.4 Å². The summed E-state index contributed by atoms with van der Waals surface area (Å²) in [7, 11) is 3.89. The quantitative estimate of drug-likeness (QED) is 0.766. The van der Waals surface area contributed by atoms with Crippen LogP contribution in [0.2, 0.25) is 0 Å². The third kappa shape index (κ3) is 3.67. The van der Waals surface area contributed by atoms with E-state index in [0.717, 1.165) is 11.4 Å². The van der Waals surface area contributed by atoms with Gasteiger partial charge < -0.3 is 15.5 Å².